The van der Waals surface area contributed by atoms with E-state index in [2.05, 4.69) is 25.6 Å². The van der Waals surface area contributed by atoms with Gasteiger partial charge in [-0.05, 0) is 65.9 Å². The number of fused-ring (bicyclic) bond motifs is 1. The van der Waals surface area contributed by atoms with Gasteiger partial charge in [0.1, 0.15) is 29.4 Å². The zero-order chi connectivity index (χ0) is 23.5. The van der Waals surface area contributed by atoms with Crippen molar-refractivity contribution in [3.05, 3.63) is 66.6 Å². The highest BCUT2D eigenvalue weighted by Crippen LogP contribution is 2.32. The lowest BCUT2D eigenvalue weighted by molar-refractivity contribution is 0.310. The topological polar surface area (TPSA) is 126 Å². The van der Waals surface area contributed by atoms with Gasteiger partial charge in [0.2, 0.25) is 5.88 Å². The Labute approximate surface area is 193 Å². The summed E-state index contributed by atoms with van der Waals surface area (Å²) in [6.45, 7) is 1.28. The molecule has 3 heterocycles. The number of nitrogen functional groups attached to an aromatic ring is 1. The van der Waals surface area contributed by atoms with Crippen molar-refractivity contribution >= 4 is 16.9 Å². The second kappa shape index (κ2) is 9.16. The maximum absolute atomic E-state index is 13.2. The highest BCUT2D eigenvalue weighted by molar-refractivity contribution is 5.84. The molecule has 0 atom stereocenters. The largest absolute Gasteiger partial charge is 0.492 e. The van der Waals surface area contributed by atoms with Gasteiger partial charge in [0.05, 0.1) is 11.7 Å². The molecular formula is C23H20FN7O3. The summed E-state index contributed by atoms with van der Waals surface area (Å²) < 4.78 is 31.4. The van der Waals surface area contributed by atoms with E-state index < -0.39 is 0 Å². The fourth-order valence-electron chi connectivity index (χ4n) is 3.37. The van der Waals surface area contributed by atoms with Gasteiger partial charge in [-0.3, -0.25) is 4.57 Å². The number of hydrogen-bond acceptors (Lipinski definition) is 9. The van der Waals surface area contributed by atoms with Crippen LogP contribution < -0.4 is 20.5 Å². The van der Waals surface area contributed by atoms with Crippen molar-refractivity contribution in [2.24, 2.45) is 0 Å². The lowest BCUT2D eigenvalue weighted by atomic mass is 10.2. The quantitative estimate of drug-likeness (QED) is 0.333. The second-order valence-corrected chi connectivity index (χ2v) is 7.28. The van der Waals surface area contributed by atoms with E-state index in [0.717, 1.165) is 18.0 Å². The highest BCUT2D eigenvalue weighted by atomic mass is 19.1. The molecule has 0 unspecified atom stereocenters. The number of halogens is 1. The Hall–Kier alpha value is -4.51. The summed E-state index contributed by atoms with van der Waals surface area (Å²) in [5.74, 6) is 1.68. The van der Waals surface area contributed by atoms with Crippen molar-refractivity contribution in [1.29, 1.82) is 0 Å². The van der Waals surface area contributed by atoms with Crippen molar-refractivity contribution in [2.45, 2.75) is 0 Å². The van der Waals surface area contributed by atoms with Crippen molar-refractivity contribution < 1.29 is 18.5 Å². The Morgan fingerprint density at radius 2 is 1.82 bits per heavy atom. The molecule has 10 nitrogen and oxygen atoms in total. The molecule has 0 bridgehead atoms. The Bertz CT molecular complexity index is 1420. The minimum atomic E-state index is -0.351. The van der Waals surface area contributed by atoms with E-state index in [-0.39, 0.29) is 11.6 Å². The number of aromatic nitrogens is 5. The van der Waals surface area contributed by atoms with Crippen molar-refractivity contribution in [3.63, 3.8) is 0 Å². The van der Waals surface area contributed by atoms with Gasteiger partial charge in [0, 0.05) is 18.3 Å². The number of nitrogens with one attached hydrogen (secondary N) is 1. The van der Waals surface area contributed by atoms with Crippen LogP contribution in [0.5, 0.6) is 17.4 Å². The van der Waals surface area contributed by atoms with Crippen LogP contribution in [-0.4, -0.2) is 45.0 Å². The molecule has 0 aliphatic rings. The van der Waals surface area contributed by atoms with Crippen LogP contribution >= 0.6 is 0 Å². The fourth-order valence-corrected chi connectivity index (χ4v) is 3.37. The summed E-state index contributed by atoms with van der Waals surface area (Å²) in [6.07, 6.45) is 1.58. The van der Waals surface area contributed by atoms with Crippen LogP contribution in [0.1, 0.15) is 0 Å². The van der Waals surface area contributed by atoms with Crippen LogP contribution in [0.2, 0.25) is 0 Å². The molecule has 0 saturated carbocycles. The average Bonchev–Trinajstić information content (AvgIpc) is 3.44. The van der Waals surface area contributed by atoms with Gasteiger partial charge in [-0.1, -0.05) is 0 Å². The van der Waals surface area contributed by atoms with Crippen molar-refractivity contribution in [3.8, 4) is 34.6 Å². The molecule has 5 rings (SSSR count). The molecule has 3 aromatic heterocycles. The molecule has 0 aliphatic carbocycles. The Balaban J connectivity index is 1.58. The third-order valence-electron chi connectivity index (χ3n) is 4.99. The van der Waals surface area contributed by atoms with Gasteiger partial charge >= 0.3 is 0 Å². The predicted octanol–water partition coefficient (Wildman–Crippen LogP) is 3.58. The number of nitrogens with zero attached hydrogens (tertiary/aromatic N) is 5. The van der Waals surface area contributed by atoms with E-state index >= 15 is 0 Å². The van der Waals surface area contributed by atoms with Crippen LogP contribution in [0.15, 0.2) is 65.4 Å². The fraction of sp³-hybridized carbons (Fsp3) is 0.130. The Morgan fingerprint density at radius 3 is 2.53 bits per heavy atom. The molecule has 0 amide bonds. The monoisotopic (exact) mass is 461 g/mol. The molecule has 0 spiro atoms. The van der Waals surface area contributed by atoms with Crippen LogP contribution in [0.3, 0.4) is 0 Å². The molecule has 3 N–H and O–H groups in total. The van der Waals surface area contributed by atoms with Crippen LogP contribution in [0.25, 0.3) is 28.2 Å². The number of rotatable bonds is 8. The van der Waals surface area contributed by atoms with Gasteiger partial charge in [0.25, 0.3) is 0 Å². The third-order valence-corrected chi connectivity index (χ3v) is 4.99. The normalized spacial score (nSPS) is 11.1. The molecule has 0 fully saturated rings. The molecule has 34 heavy (non-hydrogen) atoms. The van der Waals surface area contributed by atoms with E-state index in [1.807, 2.05) is 35.9 Å². The number of nitrogens with two attached hydrogens (primary N) is 1. The zero-order valence-corrected chi connectivity index (χ0v) is 18.1. The summed E-state index contributed by atoms with van der Waals surface area (Å²) in [5.41, 5.74) is 8.31. The number of ether oxygens (including phenoxy) is 2. The average molecular weight is 461 g/mol. The van der Waals surface area contributed by atoms with E-state index in [1.165, 1.54) is 24.3 Å². The first-order chi connectivity index (χ1) is 16.6. The lowest BCUT2D eigenvalue weighted by Crippen LogP contribution is -2.15. The SMILES string of the molecule is CNCCOc1ccc(-n2c(-c3nonc3N)nc3cnc(Oc4ccc(F)cc4)cc32)cc1. The van der Waals surface area contributed by atoms with Gasteiger partial charge in [-0.15, -0.1) is 0 Å². The number of benzene rings is 2. The van der Waals surface area contributed by atoms with Gasteiger partial charge in [-0.2, -0.15) is 0 Å². The number of hydrogen-bond donors (Lipinski definition) is 2. The van der Waals surface area contributed by atoms with Gasteiger partial charge in [-0.25, -0.2) is 19.0 Å². The highest BCUT2D eigenvalue weighted by Gasteiger charge is 2.21. The zero-order valence-electron chi connectivity index (χ0n) is 18.1. The molecule has 5 aromatic rings. The molecule has 0 saturated heterocycles. The first-order valence-corrected chi connectivity index (χ1v) is 10.4. The summed E-state index contributed by atoms with van der Waals surface area (Å²) in [7, 11) is 1.87. The number of anilines is 1. The first kappa shape index (κ1) is 21.3. The van der Waals surface area contributed by atoms with E-state index in [4.69, 9.17) is 19.8 Å². The predicted molar refractivity (Wildman–Crippen MR) is 122 cm³/mol. The second-order valence-electron chi connectivity index (χ2n) is 7.28. The van der Waals surface area contributed by atoms with Crippen LogP contribution in [0.4, 0.5) is 10.2 Å². The van der Waals surface area contributed by atoms with Crippen molar-refractivity contribution in [2.75, 3.05) is 25.9 Å². The maximum atomic E-state index is 13.2. The van der Waals surface area contributed by atoms with Crippen molar-refractivity contribution in [1.82, 2.24) is 30.2 Å². The Morgan fingerprint density at radius 1 is 1.06 bits per heavy atom. The summed E-state index contributed by atoms with van der Waals surface area (Å²) in [5, 5.41) is 10.6. The summed E-state index contributed by atoms with van der Waals surface area (Å²) >= 11 is 0. The van der Waals surface area contributed by atoms with Crippen LogP contribution in [0, 0.1) is 5.82 Å². The van der Waals surface area contributed by atoms with E-state index in [9.17, 15) is 4.39 Å². The number of pyridine rings is 1. The van der Waals surface area contributed by atoms with E-state index in [0.29, 0.717) is 40.8 Å². The van der Waals surface area contributed by atoms with Crippen LogP contribution in [-0.2, 0) is 0 Å². The number of likely N-dealkylation sites (N-methyl/N-ethyl adjacent to an activating group) is 1. The molecule has 0 aliphatic heterocycles. The molecule has 172 valence electrons. The standard InChI is InChI=1S/C23H20FN7O3/c1-26-10-11-32-16-8-4-15(5-9-16)31-19-12-20(33-17-6-2-14(24)3-7-17)27-13-18(19)28-23(31)21-22(25)30-34-29-21/h2-9,12-13,26H,10-11H2,1H3,(H2,25,30). The smallest absolute Gasteiger partial charge is 0.221 e. The lowest BCUT2D eigenvalue weighted by Gasteiger charge is -2.11. The molecular weight excluding hydrogens is 441 g/mol. The minimum absolute atomic E-state index is 0.110. The summed E-state index contributed by atoms with van der Waals surface area (Å²) in [4.78, 5) is 8.97. The third kappa shape index (κ3) is 4.24. The first-order valence-electron chi connectivity index (χ1n) is 10.4. The molecule has 0 radical (unpaired) electrons. The number of imidazole rings is 1. The minimum Gasteiger partial charge on any atom is -0.492 e. The van der Waals surface area contributed by atoms with Gasteiger partial charge in [0.15, 0.2) is 17.3 Å². The molecule has 2 aromatic carbocycles. The van der Waals surface area contributed by atoms with Gasteiger partial charge < -0.3 is 20.5 Å². The molecule has 11 heteroatoms. The summed E-state index contributed by atoms with van der Waals surface area (Å²) in [6, 6.07) is 14.9. The Kier molecular flexibility index (Phi) is 5.75. The maximum Gasteiger partial charge on any atom is 0.221 e. The van der Waals surface area contributed by atoms with E-state index in [1.54, 1.807) is 12.3 Å².